The molecule has 1 saturated heterocycles. The molecule has 22 heavy (non-hydrogen) atoms. The molecular weight excluding hydrogens is 272 g/mol. The van der Waals surface area contributed by atoms with Gasteiger partial charge in [-0.05, 0) is 36.4 Å². The summed E-state index contributed by atoms with van der Waals surface area (Å²) in [5.41, 5.74) is 2.83. The Balaban J connectivity index is 1.86. The zero-order chi connectivity index (χ0) is 15.7. The van der Waals surface area contributed by atoms with Gasteiger partial charge in [0.2, 0.25) is 5.91 Å². The Hall–Kier alpha value is -1.35. The SMILES string of the molecule is CCN1CCN(C(=O)C2CC2)CC1c1ccccc1C(C)C. The summed E-state index contributed by atoms with van der Waals surface area (Å²) in [5.74, 6) is 1.24. The maximum atomic E-state index is 12.5. The minimum atomic E-state index is 0.328. The van der Waals surface area contributed by atoms with E-state index in [1.54, 1.807) is 0 Å². The van der Waals surface area contributed by atoms with Crippen LogP contribution in [-0.2, 0) is 4.79 Å². The molecule has 1 aromatic rings. The van der Waals surface area contributed by atoms with Gasteiger partial charge in [0.25, 0.3) is 0 Å². The van der Waals surface area contributed by atoms with Gasteiger partial charge in [0, 0.05) is 25.6 Å². The van der Waals surface area contributed by atoms with E-state index in [0.717, 1.165) is 39.0 Å². The number of amides is 1. The zero-order valence-electron chi connectivity index (χ0n) is 14.1. The third-order valence-corrected chi connectivity index (χ3v) is 5.11. The van der Waals surface area contributed by atoms with Crippen molar-refractivity contribution in [2.24, 2.45) is 5.92 Å². The lowest BCUT2D eigenvalue weighted by atomic mass is 9.91. The fraction of sp³-hybridized carbons (Fsp3) is 0.632. The molecule has 0 spiro atoms. The molecule has 1 unspecified atom stereocenters. The van der Waals surface area contributed by atoms with E-state index in [2.05, 4.69) is 54.8 Å². The number of rotatable bonds is 4. The zero-order valence-corrected chi connectivity index (χ0v) is 14.1. The molecule has 1 aromatic carbocycles. The highest BCUT2D eigenvalue weighted by molar-refractivity contribution is 5.81. The van der Waals surface area contributed by atoms with Crippen LogP contribution in [0.2, 0.25) is 0 Å². The van der Waals surface area contributed by atoms with Gasteiger partial charge < -0.3 is 4.90 Å². The van der Waals surface area contributed by atoms with E-state index >= 15 is 0 Å². The maximum Gasteiger partial charge on any atom is 0.225 e. The van der Waals surface area contributed by atoms with E-state index in [0.29, 0.717) is 23.8 Å². The molecule has 1 aliphatic carbocycles. The van der Waals surface area contributed by atoms with Gasteiger partial charge in [0.15, 0.2) is 0 Å². The van der Waals surface area contributed by atoms with Crippen molar-refractivity contribution in [1.82, 2.24) is 9.80 Å². The van der Waals surface area contributed by atoms with E-state index < -0.39 is 0 Å². The largest absolute Gasteiger partial charge is 0.339 e. The van der Waals surface area contributed by atoms with Gasteiger partial charge in [-0.15, -0.1) is 0 Å². The molecule has 2 aliphatic rings. The summed E-state index contributed by atoms with van der Waals surface area (Å²) in [7, 11) is 0. The normalized spacial score (nSPS) is 23.1. The van der Waals surface area contributed by atoms with Crippen molar-refractivity contribution in [3.63, 3.8) is 0 Å². The molecule has 3 nitrogen and oxygen atoms in total. The molecule has 120 valence electrons. The molecule has 1 aliphatic heterocycles. The number of nitrogens with zero attached hydrogens (tertiary/aromatic N) is 2. The number of carbonyl (C=O) groups excluding carboxylic acids is 1. The molecule has 0 aromatic heterocycles. The van der Waals surface area contributed by atoms with Gasteiger partial charge in [-0.25, -0.2) is 0 Å². The van der Waals surface area contributed by atoms with E-state index in [-0.39, 0.29) is 0 Å². The van der Waals surface area contributed by atoms with Crippen LogP contribution in [0.4, 0.5) is 0 Å². The minimum Gasteiger partial charge on any atom is -0.339 e. The van der Waals surface area contributed by atoms with Gasteiger partial charge in [0.05, 0.1) is 6.04 Å². The number of carbonyl (C=O) groups is 1. The Morgan fingerprint density at radius 1 is 1.23 bits per heavy atom. The summed E-state index contributed by atoms with van der Waals surface area (Å²) in [6.07, 6.45) is 2.19. The van der Waals surface area contributed by atoms with Crippen LogP contribution in [-0.4, -0.2) is 41.9 Å². The Kier molecular flexibility index (Phi) is 4.53. The second-order valence-corrected chi connectivity index (χ2v) is 6.99. The van der Waals surface area contributed by atoms with Crippen molar-refractivity contribution >= 4 is 5.91 Å². The first-order valence-corrected chi connectivity index (χ1v) is 8.73. The number of likely N-dealkylation sites (N-methyl/N-ethyl adjacent to an activating group) is 1. The highest BCUT2D eigenvalue weighted by Crippen LogP contribution is 2.35. The van der Waals surface area contributed by atoms with Gasteiger partial charge in [-0.3, -0.25) is 9.69 Å². The molecule has 0 N–H and O–H groups in total. The highest BCUT2D eigenvalue weighted by Gasteiger charge is 2.37. The van der Waals surface area contributed by atoms with Crippen LogP contribution < -0.4 is 0 Å². The Bertz CT molecular complexity index is 536. The lowest BCUT2D eigenvalue weighted by Crippen LogP contribution is -2.51. The van der Waals surface area contributed by atoms with E-state index in [9.17, 15) is 4.79 Å². The van der Waals surface area contributed by atoms with Crippen LogP contribution in [0.15, 0.2) is 24.3 Å². The smallest absolute Gasteiger partial charge is 0.225 e. The van der Waals surface area contributed by atoms with Crippen molar-refractivity contribution in [1.29, 1.82) is 0 Å². The molecule has 0 radical (unpaired) electrons. The first kappa shape index (κ1) is 15.5. The number of hydrogen-bond acceptors (Lipinski definition) is 2. The predicted octanol–water partition coefficient (Wildman–Crippen LogP) is 3.43. The topological polar surface area (TPSA) is 23.6 Å². The fourth-order valence-electron chi connectivity index (χ4n) is 3.62. The van der Waals surface area contributed by atoms with Gasteiger partial charge in [-0.1, -0.05) is 45.0 Å². The molecule has 1 heterocycles. The lowest BCUT2D eigenvalue weighted by Gasteiger charge is -2.42. The maximum absolute atomic E-state index is 12.5. The average molecular weight is 300 g/mol. The highest BCUT2D eigenvalue weighted by atomic mass is 16.2. The second kappa shape index (κ2) is 6.41. The summed E-state index contributed by atoms with van der Waals surface area (Å²) in [5, 5.41) is 0. The number of benzene rings is 1. The molecule has 1 atom stereocenters. The third kappa shape index (κ3) is 3.05. The van der Waals surface area contributed by atoms with Crippen LogP contribution in [0.5, 0.6) is 0 Å². The van der Waals surface area contributed by atoms with Crippen LogP contribution >= 0.6 is 0 Å². The fourth-order valence-corrected chi connectivity index (χ4v) is 3.62. The second-order valence-electron chi connectivity index (χ2n) is 6.99. The Labute approximate surface area is 134 Å². The Morgan fingerprint density at radius 3 is 2.59 bits per heavy atom. The monoisotopic (exact) mass is 300 g/mol. The summed E-state index contributed by atoms with van der Waals surface area (Å²) in [6.45, 7) is 10.5. The average Bonchev–Trinajstić information content (AvgIpc) is 3.38. The summed E-state index contributed by atoms with van der Waals surface area (Å²) < 4.78 is 0. The first-order chi connectivity index (χ1) is 10.6. The van der Waals surface area contributed by atoms with Crippen molar-refractivity contribution in [3.05, 3.63) is 35.4 Å². The van der Waals surface area contributed by atoms with Gasteiger partial charge in [-0.2, -0.15) is 0 Å². The van der Waals surface area contributed by atoms with Crippen LogP contribution in [0.25, 0.3) is 0 Å². The van der Waals surface area contributed by atoms with Gasteiger partial charge in [0.1, 0.15) is 0 Å². The number of hydrogen-bond donors (Lipinski definition) is 0. The van der Waals surface area contributed by atoms with Crippen LogP contribution in [0.3, 0.4) is 0 Å². The van der Waals surface area contributed by atoms with Crippen molar-refractivity contribution in [2.45, 2.75) is 45.6 Å². The Morgan fingerprint density at radius 2 is 1.95 bits per heavy atom. The van der Waals surface area contributed by atoms with Crippen molar-refractivity contribution in [2.75, 3.05) is 26.2 Å². The summed E-state index contributed by atoms with van der Waals surface area (Å²) in [6, 6.07) is 9.12. The molecule has 0 bridgehead atoms. The van der Waals surface area contributed by atoms with Crippen molar-refractivity contribution < 1.29 is 4.79 Å². The molecule has 1 saturated carbocycles. The van der Waals surface area contributed by atoms with Crippen LogP contribution in [0.1, 0.15) is 56.7 Å². The molecule has 3 heteroatoms. The molecule has 2 fully saturated rings. The van der Waals surface area contributed by atoms with Crippen LogP contribution in [0, 0.1) is 5.92 Å². The third-order valence-electron chi connectivity index (χ3n) is 5.11. The van der Waals surface area contributed by atoms with E-state index in [4.69, 9.17) is 0 Å². The van der Waals surface area contributed by atoms with E-state index in [1.165, 1.54) is 11.1 Å². The quantitative estimate of drug-likeness (QED) is 0.850. The molecule has 3 rings (SSSR count). The summed E-state index contributed by atoms with van der Waals surface area (Å²) in [4.78, 5) is 17.1. The lowest BCUT2D eigenvalue weighted by molar-refractivity contribution is -0.135. The molecule has 1 amide bonds. The standard InChI is InChI=1S/C19H28N2O/c1-4-20-11-12-21(19(22)15-9-10-15)13-18(20)17-8-6-5-7-16(17)14(2)3/h5-8,14-15,18H,4,9-13H2,1-3H3. The number of piperazine rings is 1. The predicted molar refractivity (Wildman–Crippen MR) is 89.8 cm³/mol. The molecular formula is C19H28N2O. The van der Waals surface area contributed by atoms with Crippen molar-refractivity contribution in [3.8, 4) is 0 Å². The minimum absolute atomic E-state index is 0.328. The van der Waals surface area contributed by atoms with E-state index in [1.807, 2.05) is 0 Å². The summed E-state index contributed by atoms with van der Waals surface area (Å²) >= 11 is 0. The van der Waals surface area contributed by atoms with Gasteiger partial charge >= 0.3 is 0 Å². The first-order valence-electron chi connectivity index (χ1n) is 8.73.